The number of hydrogen-bond donors (Lipinski definition) is 1. The number of hydrogen-bond acceptors (Lipinski definition) is 2. The average Bonchev–Trinajstić information content (AvgIpc) is 2.93. The van der Waals surface area contributed by atoms with Gasteiger partial charge in [0, 0.05) is 30.4 Å². The molecule has 4 rings (SSSR count). The zero-order valence-electron chi connectivity index (χ0n) is 21.2. The third-order valence-electron chi connectivity index (χ3n) is 6.57. The average molecular weight is 558 g/mol. The van der Waals surface area contributed by atoms with Crippen LogP contribution in [-0.4, -0.2) is 29.3 Å². The van der Waals surface area contributed by atoms with Gasteiger partial charge in [-0.05, 0) is 52.4 Å². The molecular formula is C32H33BrN2O2. The molecule has 0 aliphatic heterocycles. The normalized spacial score (nSPS) is 11.7. The second-order valence-corrected chi connectivity index (χ2v) is 10.2. The van der Waals surface area contributed by atoms with Crippen LogP contribution in [0.1, 0.15) is 36.5 Å². The number of aryl methyl sites for hydroxylation is 1. The van der Waals surface area contributed by atoms with Crippen LogP contribution in [0.25, 0.3) is 10.8 Å². The van der Waals surface area contributed by atoms with Crippen LogP contribution in [0.4, 0.5) is 0 Å². The van der Waals surface area contributed by atoms with Crippen molar-refractivity contribution in [1.82, 2.24) is 10.2 Å². The Morgan fingerprint density at radius 3 is 2.30 bits per heavy atom. The third-order valence-corrected chi connectivity index (χ3v) is 7.10. The molecule has 4 aromatic rings. The molecule has 0 spiro atoms. The molecule has 0 saturated carbocycles. The van der Waals surface area contributed by atoms with Crippen molar-refractivity contribution in [1.29, 1.82) is 0 Å². The van der Waals surface area contributed by atoms with E-state index >= 15 is 0 Å². The zero-order valence-corrected chi connectivity index (χ0v) is 22.8. The molecule has 0 radical (unpaired) electrons. The van der Waals surface area contributed by atoms with E-state index in [1.807, 2.05) is 79.7 Å². The number of nitrogens with zero attached hydrogens (tertiary/aromatic N) is 1. The number of amides is 2. The first-order valence-electron chi connectivity index (χ1n) is 12.9. The highest BCUT2D eigenvalue weighted by Crippen LogP contribution is 2.22. The summed E-state index contributed by atoms with van der Waals surface area (Å²) in [4.78, 5) is 29.1. The zero-order chi connectivity index (χ0) is 26.0. The molecule has 4 nitrogen and oxygen atoms in total. The molecule has 190 valence electrons. The molecule has 1 N–H and O–H groups in total. The molecule has 37 heavy (non-hydrogen) atoms. The van der Waals surface area contributed by atoms with Gasteiger partial charge in [-0.3, -0.25) is 9.59 Å². The highest BCUT2D eigenvalue weighted by molar-refractivity contribution is 9.10. The van der Waals surface area contributed by atoms with Crippen LogP contribution in [-0.2, 0) is 29.0 Å². The van der Waals surface area contributed by atoms with E-state index in [-0.39, 0.29) is 11.8 Å². The molecule has 1 atom stereocenters. The van der Waals surface area contributed by atoms with E-state index in [2.05, 4.69) is 45.5 Å². The second kappa shape index (κ2) is 13.2. The summed E-state index contributed by atoms with van der Waals surface area (Å²) >= 11 is 3.49. The monoisotopic (exact) mass is 556 g/mol. The highest BCUT2D eigenvalue weighted by Gasteiger charge is 2.30. The predicted octanol–water partition coefficient (Wildman–Crippen LogP) is 6.70. The van der Waals surface area contributed by atoms with Gasteiger partial charge in [0.1, 0.15) is 6.04 Å². The van der Waals surface area contributed by atoms with Gasteiger partial charge in [-0.15, -0.1) is 0 Å². The standard InChI is InChI=1S/C32H33BrN2O2/c1-2-21-34-32(37)30(22-24-9-4-3-5-10-24)35(23-25-15-18-28(33)19-16-25)31(36)20-17-27-13-8-12-26-11-6-7-14-29(26)27/h3-16,18-19,30H,2,17,20-23H2,1H3,(H,34,37). The number of carbonyl (C=O) groups is 2. The lowest BCUT2D eigenvalue weighted by molar-refractivity contribution is -0.141. The Bertz CT molecular complexity index is 1320. The molecule has 0 saturated heterocycles. The predicted molar refractivity (Wildman–Crippen MR) is 154 cm³/mol. The van der Waals surface area contributed by atoms with Gasteiger partial charge in [0.15, 0.2) is 0 Å². The SMILES string of the molecule is CCCNC(=O)C(Cc1ccccc1)N(Cc1ccc(Br)cc1)C(=O)CCc1cccc2ccccc12. The summed E-state index contributed by atoms with van der Waals surface area (Å²) in [5.41, 5.74) is 3.16. The van der Waals surface area contributed by atoms with Gasteiger partial charge in [0.05, 0.1) is 0 Å². The summed E-state index contributed by atoms with van der Waals surface area (Å²) in [5, 5.41) is 5.37. The fraction of sp³-hybridized carbons (Fsp3) is 0.250. The van der Waals surface area contributed by atoms with Crippen LogP contribution >= 0.6 is 15.9 Å². The van der Waals surface area contributed by atoms with E-state index in [4.69, 9.17) is 0 Å². The van der Waals surface area contributed by atoms with E-state index < -0.39 is 6.04 Å². The summed E-state index contributed by atoms with van der Waals surface area (Å²) in [5.74, 6) is -0.134. The Balaban J connectivity index is 1.62. The first-order chi connectivity index (χ1) is 18.0. The molecule has 0 aromatic heterocycles. The highest BCUT2D eigenvalue weighted by atomic mass is 79.9. The molecule has 0 aliphatic carbocycles. The van der Waals surface area contributed by atoms with E-state index in [1.165, 1.54) is 10.8 Å². The van der Waals surface area contributed by atoms with Gasteiger partial charge in [0.25, 0.3) is 0 Å². The van der Waals surface area contributed by atoms with Crippen LogP contribution in [0, 0.1) is 0 Å². The number of halogens is 1. The van der Waals surface area contributed by atoms with Crippen LogP contribution in [0.5, 0.6) is 0 Å². The van der Waals surface area contributed by atoms with Crippen LogP contribution in [0.15, 0.2) is 102 Å². The maximum atomic E-state index is 13.9. The summed E-state index contributed by atoms with van der Waals surface area (Å²) in [6, 6.07) is 31.7. The molecular weight excluding hydrogens is 524 g/mol. The smallest absolute Gasteiger partial charge is 0.243 e. The Morgan fingerprint density at radius 1 is 0.838 bits per heavy atom. The summed E-state index contributed by atoms with van der Waals surface area (Å²) in [7, 11) is 0. The lowest BCUT2D eigenvalue weighted by atomic mass is 9.99. The number of rotatable bonds is 11. The van der Waals surface area contributed by atoms with Crippen molar-refractivity contribution >= 4 is 38.5 Å². The fourth-order valence-electron chi connectivity index (χ4n) is 4.60. The van der Waals surface area contributed by atoms with Crippen molar-refractivity contribution in [2.45, 2.75) is 45.2 Å². The summed E-state index contributed by atoms with van der Waals surface area (Å²) in [6.45, 7) is 2.99. The molecule has 2 amide bonds. The number of carbonyl (C=O) groups excluding carboxylic acids is 2. The maximum Gasteiger partial charge on any atom is 0.243 e. The van der Waals surface area contributed by atoms with E-state index in [1.54, 1.807) is 4.90 Å². The van der Waals surface area contributed by atoms with Crippen molar-refractivity contribution in [3.8, 4) is 0 Å². The van der Waals surface area contributed by atoms with E-state index in [0.717, 1.165) is 27.6 Å². The van der Waals surface area contributed by atoms with Crippen LogP contribution < -0.4 is 5.32 Å². The molecule has 1 unspecified atom stereocenters. The lowest BCUT2D eigenvalue weighted by Gasteiger charge is -2.32. The van der Waals surface area contributed by atoms with Gasteiger partial charge in [-0.25, -0.2) is 0 Å². The Kier molecular flexibility index (Phi) is 9.50. The Hall–Kier alpha value is -3.44. The van der Waals surface area contributed by atoms with E-state index in [9.17, 15) is 9.59 Å². The van der Waals surface area contributed by atoms with Gasteiger partial charge in [0.2, 0.25) is 11.8 Å². The molecule has 0 aliphatic rings. The first kappa shape index (κ1) is 26.6. The molecule has 0 bridgehead atoms. The van der Waals surface area contributed by atoms with Crippen molar-refractivity contribution in [3.63, 3.8) is 0 Å². The van der Waals surface area contributed by atoms with Crippen LogP contribution in [0.3, 0.4) is 0 Å². The van der Waals surface area contributed by atoms with Gasteiger partial charge < -0.3 is 10.2 Å². The maximum absolute atomic E-state index is 13.9. The summed E-state index contributed by atoms with van der Waals surface area (Å²) in [6.07, 6.45) is 2.25. The quantitative estimate of drug-likeness (QED) is 0.223. The Morgan fingerprint density at radius 2 is 1.54 bits per heavy atom. The van der Waals surface area contributed by atoms with Crippen LogP contribution in [0.2, 0.25) is 0 Å². The lowest BCUT2D eigenvalue weighted by Crippen LogP contribution is -2.50. The fourth-order valence-corrected chi connectivity index (χ4v) is 4.87. The molecule has 0 fully saturated rings. The van der Waals surface area contributed by atoms with Crippen molar-refractivity contribution in [2.75, 3.05) is 6.54 Å². The number of fused-ring (bicyclic) bond motifs is 1. The van der Waals surface area contributed by atoms with Crippen molar-refractivity contribution < 1.29 is 9.59 Å². The van der Waals surface area contributed by atoms with E-state index in [0.29, 0.717) is 32.4 Å². The topological polar surface area (TPSA) is 49.4 Å². The number of nitrogens with one attached hydrogen (secondary N) is 1. The van der Waals surface area contributed by atoms with Gasteiger partial charge in [-0.2, -0.15) is 0 Å². The minimum Gasteiger partial charge on any atom is -0.354 e. The molecule has 0 heterocycles. The largest absolute Gasteiger partial charge is 0.354 e. The number of benzene rings is 4. The van der Waals surface area contributed by atoms with Crippen molar-refractivity contribution in [2.24, 2.45) is 0 Å². The van der Waals surface area contributed by atoms with Gasteiger partial charge in [-0.1, -0.05) is 108 Å². The molecule has 5 heteroatoms. The Labute approximate surface area is 227 Å². The second-order valence-electron chi connectivity index (χ2n) is 9.28. The minimum atomic E-state index is -0.599. The molecule has 4 aromatic carbocycles. The summed E-state index contributed by atoms with van der Waals surface area (Å²) < 4.78 is 0.978. The van der Waals surface area contributed by atoms with Crippen molar-refractivity contribution in [3.05, 3.63) is 118 Å². The third kappa shape index (κ3) is 7.30. The minimum absolute atomic E-state index is 0.0246. The first-order valence-corrected chi connectivity index (χ1v) is 13.7. The van der Waals surface area contributed by atoms with Gasteiger partial charge >= 0.3 is 0 Å².